The summed E-state index contributed by atoms with van der Waals surface area (Å²) in [6, 6.07) is 3.27. The van der Waals surface area contributed by atoms with Gasteiger partial charge in [0.05, 0.1) is 4.88 Å². The summed E-state index contributed by atoms with van der Waals surface area (Å²) in [4.78, 5) is 41.5. The van der Waals surface area contributed by atoms with Gasteiger partial charge in [-0.25, -0.2) is 0 Å². The highest BCUT2D eigenvalue weighted by molar-refractivity contribution is 7.12. The van der Waals surface area contributed by atoms with Crippen LogP contribution in [-0.4, -0.2) is 59.7 Å². The third-order valence-electron chi connectivity index (χ3n) is 4.90. The minimum absolute atomic E-state index is 0.0382. The number of carbonyl (C=O) groups excluding carboxylic acids is 3. The van der Waals surface area contributed by atoms with E-state index in [9.17, 15) is 14.4 Å². The fourth-order valence-corrected chi connectivity index (χ4v) is 4.20. The van der Waals surface area contributed by atoms with Crippen LogP contribution in [0.1, 0.15) is 48.2 Å². The number of likely N-dealkylation sites (tertiary alicyclic amines) is 2. The minimum atomic E-state index is -0.313. The van der Waals surface area contributed by atoms with E-state index in [1.807, 2.05) is 16.3 Å². The first-order valence-corrected chi connectivity index (χ1v) is 9.95. The normalized spacial score (nSPS) is 20.6. The third kappa shape index (κ3) is 4.39. The van der Waals surface area contributed by atoms with Crippen LogP contribution in [0.5, 0.6) is 0 Å². The Morgan fingerprint density at radius 2 is 1.88 bits per heavy atom. The molecule has 0 aromatic carbocycles. The summed E-state index contributed by atoms with van der Waals surface area (Å²) >= 11 is 1.38. The first kappa shape index (κ1) is 17.9. The molecule has 0 radical (unpaired) electrons. The van der Waals surface area contributed by atoms with Gasteiger partial charge in [-0.05, 0) is 43.6 Å². The number of thiophene rings is 1. The average Bonchev–Trinajstić information content (AvgIpc) is 3.34. The first-order chi connectivity index (χ1) is 12.2. The summed E-state index contributed by atoms with van der Waals surface area (Å²) in [5.74, 6) is -0.0805. The van der Waals surface area contributed by atoms with E-state index in [2.05, 4.69) is 5.32 Å². The molecule has 0 spiro atoms. The van der Waals surface area contributed by atoms with Crippen molar-refractivity contribution in [2.45, 2.75) is 44.6 Å². The molecule has 2 aliphatic rings. The molecule has 3 rings (SSSR count). The lowest BCUT2D eigenvalue weighted by Crippen LogP contribution is -2.52. The predicted octanol–water partition coefficient (Wildman–Crippen LogP) is 1.87. The summed E-state index contributed by atoms with van der Waals surface area (Å²) in [7, 11) is 0. The second-order valence-electron chi connectivity index (χ2n) is 6.61. The van der Waals surface area contributed by atoms with Crippen molar-refractivity contribution in [2.24, 2.45) is 0 Å². The molecule has 1 N–H and O–H groups in total. The van der Waals surface area contributed by atoms with Crippen molar-refractivity contribution in [1.82, 2.24) is 15.1 Å². The highest BCUT2D eigenvalue weighted by Gasteiger charge is 2.35. The molecule has 0 aliphatic carbocycles. The van der Waals surface area contributed by atoms with Gasteiger partial charge >= 0.3 is 0 Å². The van der Waals surface area contributed by atoms with E-state index < -0.39 is 0 Å². The van der Waals surface area contributed by atoms with Gasteiger partial charge in [-0.2, -0.15) is 0 Å². The van der Waals surface area contributed by atoms with Crippen LogP contribution >= 0.6 is 11.3 Å². The SMILES string of the molecule is O=C(NCCC(=O)N1CCCCC1C(=O)N1CCCC1)c1cccs1. The minimum Gasteiger partial charge on any atom is -0.351 e. The first-order valence-electron chi connectivity index (χ1n) is 9.07. The van der Waals surface area contributed by atoms with Crippen molar-refractivity contribution in [3.8, 4) is 0 Å². The lowest BCUT2D eigenvalue weighted by atomic mass is 10.0. The third-order valence-corrected chi connectivity index (χ3v) is 5.76. The van der Waals surface area contributed by atoms with Gasteiger partial charge < -0.3 is 15.1 Å². The molecular weight excluding hydrogens is 338 g/mol. The molecule has 3 heterocycles. The fraction of sp³-hybridized carbons (Fsp3) is 0.611. The van der Waals surface area contributed by atoms with Gasteiger partial charge in [-0.15, -0.1) is 11.3 Å². The van der Waals surface area contributed by atoms with Gasteiger partial charge in [0.25, 0.3) is 5.91 Å². The largest absolute Gasteiger partial charge is 0.351 e. The van der Waals surface area contributed by atoms with E-state index >= 15 is 0 Å². The molecule has 1 aromatic heterocycles. The van der Waals surface area contributed by atoms with Crippen molar-refractivity contribution >= 4 is 29.1 Å². The van der Waals surface area contributed by atoms with Crippen molar-refractivity contribution < 1.29 is 14.4 Å². The molecule has 2 fully saturated rings. The molecule has 25 heavy (non-hydrogen) atoms. The lowest BCUT2D eigenvalue weighted by Gasteiger charge is -2.36. The van der Waals surface area contributed by atoms with E-state index in [1.54, 1.807) is 11.0 Å². The molecule has 0 saturated carbocycles. The summed E-state index contributed by atoms with van der Waals surface area (Å²) in [6.45, 7) is 2.57. The van der Waals surface area contributed by atoms with Crippen LogP contribution in [0.4, 0.5) is 0 Å². The Hall–Kier alpha value is -1.89. The van der Waals surface area contributed by atoms with Gasteiger partial charge in [0.15, 0.2) is 0 Å². The Bertz CT molecular complexity index is 611. The number of nitrogens with zero attached hydrogens (tertiary/aromatic N) is 2. The van der Waals surface area contributed by atoms with Crippen LogP contribution in [0.15, 0.2) is 17.5 Å². The molecule has 1 unspecified atom stereocenters. The Labute approximate surface area is 152 Å². The molecule has 1 atom stereocenters. The quantitative estimate of drug-likeness (QED) is 0.868. The molecule has 3 amide bonds. The van der Waals surface area contributed by atoms with Crippen molar-refractivity contribution in [2.75, 3.05) is 26.2 Å². The van der Waals surface area contributed by atoms with Gasteiger partial charge in [-0.1, -0.05) is 6.07 Å². The second kappa shape index (κ2) is 8.47. The number of piperidine rings is 1. The maximum atomic E-state index is 12.7. The van der Waals surface area contributed by atoms with E-state index in [1.165, 1.54) is 11.3 Å². The zero-order chi connectivity index (χ0) is 17.6. The van der Waals surface area contributed by atoms with Crippen LogP contribution in [0, 0.1) is 0 Å². The number of hydrogen-bond donors (Lipinski definition) is 1. The van der Waals surface area contributed by atoms with Crippen molar-refractivity contribution in [3.05, 3.63) is 22.4 Å². The van der Waals surface area contributed by atoms with Crippen LogP contribution in [-0.2, 0) is 9.59 Å². The maximum Gasteiger partial charge on any atom is 0.261 e. The number of hydrogen-bond acceptors (Lipinski definition) is 4. The highest BCUT2D eigenvalue weighted by atomic mass is 32.1. The van der Waals surface area contributed by atoms with Gasteiger partial charge in [0, 0.05) is 32.6 Å². The molecule has 136 valence electrons. The summed E-state index contributed by atoms with van der Waals surface area (Å²) in [5.41, 5.74) is 0. The van der Waals surface area contributed by atoms with E-state index in [0.717, 1.165) is 45.2 Å². The zero-order valence-electron chi connectivity index (χ0n) is 14.4. The fourth-order valence-electron chi connectivity index (χ4n) is 3.56. The zero-order valence-corrected chi connectivity index (χ0v) is 15.2. The molecule has 2 aliphatic heterocycles. The Morgan fingerprint density at radius 1 is 1.12 bits per heavy atom. The molecule has 7 heteroatoms. The monoisotopic (exact) mass is 363 g/mol. The Balaban J connectivity index is 1.51. The van der Waals surface area contributed by atoms with Crippen LogP contribution < -0.4 is 5.32 Å². The summed E-state index contributed by atoms with van der Waals surface area (Å²) < 4.78 is 0. The van der Waals surface area contributed by atoms with Gasteiger partial charge in [-0.3, -0.25) is 14.4 Å². The lowest BCUT2D eigenvalue weighted by molar-refractivity contribution is -0.147. The van der Waals surface area contributed by atoms with Crippen LogP contribution in [0.3, 0.4) is 0 Å². The Kier molecular flexibility index (Phi) is 6.07. The average molecular weight is 363 g/mol. The smallest absolute Gasteiger partial charge is 0.261 e. The summed E-state index contributed by atoms with van der Waals surface area (Å²) in [5, 5.41) is 4.63. The topological polar surface area (TPSA) is 69.7 Å². The summed E-state index contributed by atoms with van der Waals surface area (Å²) in [6.07, 6.45) is 5.03. The van der Waals surface area contributed by atoms with Crippen molar-refractivity contribution in [3.63, 3.8) is 0 Å². The number of carbonyl (C=O) groups is 3. The van der Waals surface area contributed by atoms with E-state index in [0.29, 0.717) is 18.0 Å². The van der Waals surface area contributed by atoms with Gasteiger partial charge in [0.2, 0.25) is 11.8 Å². The number of rotatable bonds is 5. The molecule has 1 aromatic rings. The number of nitrogens with one attached hydrogen (secondary N) is 1. The highest BCUT2D eigenvalue weighted by Crippen LogP contribution is 2.22. The maximum absolute atomic E-state index is 12.7. The molecule has 0 bridgehead atoms. The van der Waals surface area contributed by atoms with E-state index in [4.69, 9.17) is 0 Å². The molecule has 2 saturated heterocycles. The number of amides is 3. The second-order valence-corrected chi connectivity index (χ2v) is 7.56. The Morgan fingerprint density at radius 3 is 2.60 bits per heavy atom. The standard InChI is InChI=1S/C18H25N3O3S/c22-16(8-9-19-17(23)15-7-5-13-25-15)21-12-2-1-6-14(21)18(24)20-10-3-4-11-20/h5,7,13-14H,1-4,6,8-12H2,(H,19,23). The van der Waals surface area contributed by atoms with E-state index in [-0.39, 0.29) is 30.2 Å². The van der Waals surface area contributed by atoms with Crippen molar-refractivity contribution in [1.29, 1.82) is 0 Å². The van der Waals surface area contributed by atoms with Crippen LogP contribution in [0.2, 0.25) is 0 Å². The molecular formula is C18H25N3O3S. The predicted molar refractivity (Wildman–Crippen MR) is 96.4 cm³/mol. The van der Waals surface area contributed by atoms with Crippen LogP contribution in [0.25, 0.3) is 0 Å². The van der Waals surface area contributed by atoms with Gasteiger partial charge in [0.1, 0.15) is 6.04 Å². The molecule has 6 nitrogen and oxygen atoms in total.